The molecule has 0 bridgehead atoms. The van der Waals surface area contributed by atoms with Crippen molar-refractivity contribution >= 4 is 40.9 Å². The maximum absolute atomic E-state index is 12.2. The molecule has 26 heavy (non-hydrogen) atoms. The van der Waals surface area contributed by atoms with Crippen LogP contribution >= 0.6 is 11.6 Å². The van der Waals surface area contributed by atoms with Gasteiger partial charge in [-0.3, -0.25) is 14.9 Å². The molecule has 8 nitrogen and oxygen atoms in total. The van der Waals surface area contributed by atoms with Crippen molar-refractivity contribution in [2.45, 2.75) is 0 Å². The summed E-state index contributed by atoms with van der Waals surface area (Å²) in [4.78, 5) is 33.2. The fraction of sp³-hybridized carbons (Fsp3) is 0. The zero-order valence-electron chi connectivity index (χ0n) is 13.0. The van der Waals surface area contributed by atoms with Gasteiger partial charge in [0.2, 0.25) is 0 Å². The second kappa shape index (κ2) is 7.92. The van der Waals surface area contributed by atoms with Crippen molar-refractivity contribution in [2.75, 3.05) is 5.32 Å². The lowest BCUT2D eigenvalue weighted by molar-refractivity contribution is -0.384. The first kappa shape index (κ1) is 18.6. The monoisotopic (exact) mass is 371 g/mol. The summed E-state index contributed by atoms with van der Waals surface area (Å²) in [6.45, 7) is 0. The smallest absolute Gasteiger partial charge is 0.335 e. The van der Waals surface area contributed by atoms with Gasteiger partial charge in [0.15, 0.2) is 0 Å². The zero-order valence-corrected chi connectivity index (χ0v) is 13.7. The van der Waals surface area contributed by atoms with Crippen LogP contribution in [0, 0.1) is 21.4 Å². The highest BCUT2D eigenvalue weighted by Gasteiger charge is 2.13. The molecule has 0 saturated carbocycles. The Kier molecular flexibility index (Phi) is 5.67. The molecule has 0 atom stereocenters. The van der Waals surface area contributed by atoms with Crippen molar-refractivity contribution in [2.24, 2.45) is 0 Å². The van der Waals surface area contributed by atoms with Crippen LogP contribution < -0.4 is 5.32 Å². The molecule has 0 spiro atoms. The number of hydrogen-bond acceptors (Lipinski definition) is 5. The largest absolute Gasteiger partial charge is 0.478 e. The number of amides is 1. The van der Waals surface area contributed by atoms with Crippen LogP contribution in [0.25, 0.3) is 6.08 Å². The van der Waals surface area contributed by atoms with E-state index in [1.165, 1.54) is 36.4 Å². The lowest BCUT2D eigenvalue weighted by atomic mass is 10.1. The van der Waals surface area contributed by atoms with Crippen LogP contribution in [0.5, 0.6) is 0 Å². The number of nitrogens with zero attached hydrogens (tertiary/aromatic N) is 2. The van der Waals surface area contributed by atoms with Crippen LogP contribution in [-0.4, -0.2) is 21.9 Å². The summed E-state index contributed by atoms with van der Waals surface area (Å²) < 4.78 is 0. The van der Waals surface area contributed by atoms with E-state index in [1.54, 1.807) is 6.07 Å². The van der Waals surface area contributed by atoms with Crippen molar-refractivity contribution in [3.8, 4) is 6.07 Å². The van der Waals surface area contributed by atoms with Gasteiger partial charge in [-0.2, -0.15) is 5.26 Å². The third-order valence-electron chi connectivity index (χ3n) is 3.25. The van der Waals surface area contributed by atoms with Gasteiger partial charge in [-0.15, -0.1) is 0 Å². The normalized spacial score (nSPS) is 10.7. The maximum Gasteiger partial charge on any atom is 0.335 e. The van der Waals surface area contributed by atoms with E-state index < -0.39 is 16.8 Å². The SMILES string of the molecule is N#C/C(=C\c1cc([N+](=O)[O-])ccc1Cl)C(=O)Nc1ccc(C(=O)O)cc1. The van der Waals surface area contributed by atoms with Gasteiger partial charge in [-0.05, 0) is 36.4 Å². The number of anilines is 1. The number of nitrogens with one attached hydrogen (secondary N) is 1. The molecule has 0 heterocycles. The number of nitro groups is 1. The highest BCUT2D eigenvalue weighted by Crippen LogP contribution is 2.24. The Morgan fingerprint density at radius 2 is 1.88 bits per heavy atom. The second-order valence-corrected chi connectivity index (χ2v) is 5.38. The molecule has 0 aliphatic carbocycles. The van der Waals surface area contributed by atoms with Gasteiger partial charge in [0.25, 0.3) is 11.6 Å². The number of non-ortho nitro benzene ring substituents is 1. The summed E-state index contributed by atoms with van der Waals surface area (Å²) >= 11 is 5.95. The molecule has 2 rings (SSSR count). The molecule has 0 radical (unpaired) electrons. The van der Waals surface area contributed by atoms with Crippen LogP contribution in [0.1, 0.15) is 15.9 Å². The van der Waals surface area contributed by atoms with Crippen molar-refractivity contribution < 1.29 is 19.6 Å². The summed E-state index contributed by atoms with van der Waals surface area (Å²) in [6, 6.07) is 10.7. The second-order valence-electron chi connectivity index (χ2n) is 4.97. The van der Waals surface area contributed by atoms with E-state index in [1.807, 2.05) is 0 Å². The van der Waals surface area contributed by atoms with Gasteiger partial charge >= 0.3 is 5.97 Å². The van der Waals surface area contributed by atoms with Gasteiger partial charge in [0.1, 0.15) is 11.6 Å². The number of benzene rings is 2. The zero-order chi connectivity index (χ0) is 19.3. The van der Waals surface area contributed by atoms with Crippen LogP contribution in [0.2, 0.25) is 5.02 Å². The molecule has 2 aromatic rings. The number of aromatic carboxylic acids is 1. The third kappa shape index (κ3) is 4.43. The van der Waals surface area contributed by atoms with Crippen LogP contribution in [-0.2, 0) is 4.79 Å². The van der Waals surface area contributed by atoms with E-state index >= 15 is 0 Å². The van der Waals surface area contributed by atoms with Gasteiger partial charge in [-0.1, -0.05) is 11.6 Å². The lowest BCUT2D eigenvalue weighted by Gasteiger charge is -2.05. The summed E-state index contributed by atoms with van der Waals surface area (Å²) in [5.41, 5.74) is -0.0835. The number of carboxylic acid groups (broad SMARTS) is 1. The number of nitriles is 1. The topological polar surface area (TPSA) is 133 Å². The Labute approximate surface area is 152 Å². The maximum atomic E-state index is 12.2. The average Bonchev–Trinajstić information content (AvgIpc) is 2.61. The first-order valence-electron chi connectivity index (χ1n) is 7.02. The number of carbonyl (C=O) groups excluding carboxylic acids is 1. The van der Waals surface area contributed by atoms with Gasteiger partial charge in [-0.25, -0.2) is 4.79 Å². The Morgan fingerprint density at radius 3 is 2.42 bits per heavy atom. The Bertz CT molecular complexity index is 961. The molecular weight excluding hydrogens is 362 g/mol. The number of carboxylic acids is 1. The van der Waals surface area contributed by atoms with E-state index in [9.17, 15) is 25.0 Å². The minimum absolute atomic E-state index is 0.0439. The third-order valence-corrected chi connectivity index (χ3v) is 3.59. The predicted octanol–water partition coefficient (Wildman–Crippen LogP) is 3.49. The van der Waals surface area contributed by atoms with E-state index in [0.29, 0.717) is 0 Å². The lowest BCUT2D eigenvalue weighted by Crippen LogP contribution is -2.13. The molecule has 0 aromatic heterocycles. The molecule has 0 fully saturated rings. The first-order chi connectivity index (χ1) is 12.3. The predicted molar refractivity (Wildman–Crippen MR) is 93.7 cm³/mol. The van der Waals surface area contributed by atoms with E-state index in [4.69, 9.17) is 16.7 Å². The summed E-state index contributed by atoms with van der Waals surface area (Å²) in [6.07, 6.45) is 1.14. The number of rotatable bonds is 5. The average molecular weight is 372 g/mol. The van der Waals surface area contributed by atoms with Crippen LogP contribution in [0.15, 0.2) is 48.0 Å². The van der Waals surface area contributed by atoms with Gasteiger partial charge in [0.05, 0.1) is 10.5 Å². The van der Waals surface area contributed by atoms with E-state index in [0.717, 1.165) is 12.1 Å². The van der Waals surface area contributed by atoms with E-state index in [2.05, 4.69) is 5.32 Å². The molecule has 0 aliphatic rings. The number of nitro benzene ring substituents is 1. The molecule has 9 heteroatoms. The van der Waals surface area contributed by atoms with Crippen molar-refractivity contribution in [3.63, 3.8) is 0 Å². The van der Waals surface area contributed by atoms with Crippen molar-refractivity contribution in [1.82, 2.24) is 0 Å². The minimum atomic E-state index is -1.11. The summed E-state index contributed by atoms with van der Waals surface area (Å²) in [5, 5.41) is 31.4. The molecule has 0 saturated heterocycles. The molecule has 1 amide bonds. The van der Waals surface area contributed by atoms with Crippen LogP contribution in [0.3, 0.4) is 0 Å². The molecule has 2 N–H and O–H groups in total. The molecular formula is C17H10ClN3O5. The van der Waals surface area contributed by atoms with Gasteiger partial charge < -0.3 is 10.4 Å². The number of halogens is 1. The molecule has 0 aliphatic heterocycles. The Morgan fingerprint density at radius 1 is 1.23 bits per heavy atom. The highest BCUT2D eigenvalue weighted by molar-refractivity contribution is 6.32. The molecule has 2 aromatic carbocycles. The van der Waals surface area contributed by atoms with Crippen LogP contribution in [0.4, 0.5) is 11.4 Å². The minimum Gasteiger partial charge on any atom is -0.478 e. The summed E-state index contributed by atoms with van der Waals surface area (Å²) in [5.74, 6) is -1.88. The quantitative estimate of drug-likeness (QED) is 0.357. The Hall–Kier alpha value is -3.70. The number of carbonyl (C=O) groups is 2. The fourth-order valence-corrected chi connectivity index (χ4v) is 2.13. The van der Waals surface area contributed by atoms with Gasteiger partial charge in [0, 0.05) is 28.4 Å². The highest BCUT2D eigenvalue weighted by atomic mass is 35.5. The fourth-order valence-electron chi connectivity index (χ4n) is 1.95. The van der Waals surface area contributed by atoms with E-state index in [-0.39, 0.29) is 33.1 Å². The standard InChI is InChI=1S/C17H10ClN3O5/c18-15-6-5-14(21(25)26)8-11(15)7-12(9-19)16(22)20-13-3-1-10(2-4-13)17(23)24/h1-8H,(H,20,22)(H,23,24)/b12-7+. The van der Waals surface area contributed by atoms with Crippen molar-refractivity contribution in [1.29, 1.82) is 5.26 Å². The molecule has 130 valence electrons. The summed E-state index contributed by atoms with van der Waals surface area (Å²) in [7, 11) is 0. The molecule has 0 unspecified atom stereocenters. The number of hydrogen-bond donors (Lipinski definition) is 2. The Balaban J connectivity index is 2.27. The first-order valence-corrected chi connectivity index (χ1v) is 7.40. The van der Waals surface area contributed by atoms with Crippen molar-refractivity contribution in [3.05, 3.63) is 74.3 Å².